The van der Waals surface area contributed by atoms with Gasteiger partial charge in [-0.05, 0) is 0 Å². The van der Waals surface area contributed by atoms with Gasteiger partial charge in [0.1, 0.15) is 0 Å². The van der Waals surface area contributed by atoms with Crippen LogP contribution in [0.1, 0.15) is 27.7 Å². The standard InChI is InChI=1S/C6H12O.W/c1-5-7-6(2,3)4;/h1-4H3;. The fraction of sp³-hybridized carbons (Fsp3) is 0.833. The first-order chi connectivity index (χ1) is 3.42. The van der Waals surface area contributed by atoms with Gasteiger partial charge >= 0.3 is 61.5 Å². The Morgan fingerprint density at radius 2 is 1.75 bits per heavy atom. The Balaban J connectivity index is 3.55. The summed E-state index contributed by atoms with van der Waals surface area (Å²) in [6.45, 7) is 8.17. The summed E-state index contributed by atoms with van der Waals surface area (Å²) in [7, 11) is 0. The van der Waals surface area contributed by atoms with Crippen LogP contribution in [0.3, 0.4) is 0 Å². The Morgan fingerprint density at radius 3 is 1.75 bits per heavy atom. The van der Waals surface area contributed by atoms with Crippen LogP contribution in [0.2, 0.25) is 0 Å². The average Bonchev–Trinajstić information content (AvgIpc) is 1.21. The molecule has 0 heterocycles. The van der Waals surface area contributed by atoms with Crippen molar-refractivity contribution in [3.63, 3.8) is 0 Å². The van der Waals surface area contributed by atoms with E-state index >= 15 is 0 Å². The molecule has 0 aliphatic carbocycles. The van der Waals surface area contributed by atoms with Crippen LogP contribution in [0.4, 0.5) is 0 Å². The fourth-order valence-electron chi connectivity index (χ4n) is 0.431. The molecule has 0 N–H and O–H groups in total. The van der Waals surface area contributed by atoms with E-state index in [0.29, 0.717) is 0 Å². The van der Waals surface area contributed by atoms with E-state index in [4.69, 9.17) is 4.74 Å². The van der Waals surface area contributed by atoms with Crippen LogP contribution >= 0.6 is 0 Å². The zero-order valence-corrected chi connectivity index (χ0v) is 8.75. The average molecular weight is 284 g/mol. The predicted molar refractivity (Wildman–Crippen MR) is 31.5 cm³/mol. The molecule has 0 atom stereocenters. The SMILES string of the molecule is C[C](=[W])OC(C)(C)C. The van der Waals surface area contributed by atoms with Crippen molar-refractivity contribution in [2.75, 3.05) is 0 Å². The van der Waals surface area contributed by atoms with Crippen molar-refractivity contribution >= 4 is 4.08 Å². The molecule has 8 heavy (non-hydrogen) atoms. The second-order valence-corrected chi connectivity index (χ2v) is 4.77. The second kappa shape index (κ2) is 2.89. The van der Waals surface area contributed by atoms with Crippen molar-refractivity contribution in [1.29, 1.82) is 0 Å². The summed E-state index contributed by atoms with van der Waals surface area (Å²) in [5.41, 5.74) is 0.00579. The molecule has 0 aliphatic heterocycles. The molecule has 0 fully saturated rings. The van der Waals surface area contributed by atoms with Gasteiger partial charge in [-0.2, -0.15) is 0 Å². The fourth-order valence-corrected chi connectivity index (χ4v) is 1.33. The summed E-state index contributed by atoms with van der Waals surface area (Å²) in [4.78, 5) is 0. The first kappa shape index (κ1) is 8.52. The summed E-state index contributed by atoms with van der Waals surface area (Å²) >= 11 is 1.41. The van der Waals surface area contributed by atoms with E-state index in [1.807, 2.05) is 6.92 Å². The molecule has 0 amide bonds. The minimum atomic E-state index is 0.00579. The van der Waals surface area contributed by atoms with Crippen LogP contribution in [0.15, 0.2) is 0 Å². The molecule has 0 aromatic carbocycles. The van der Waals surface area contributed by atoms with E-state index in [1.54, 1.807) is 0 Å². The van der Waals surface area contributed by atoms with E-state index in [0.717, 1.165) is 4.08 Å². The van der Waals surface area contributed by atoms with Crippen LogP contribution < -0.4 is 0 Å². The van der Waals surface area contributed by atoms with Gasteiger partial charge < -0.3 is 0 Å². The normalized spacial score (nSPS) is 11.5. The number of ether oxygens (including phenoxy) is 1. The molecule has 48 valence electrons. The Labute approximate surface area is 61.8 Å². The van der Waals surface area contributed by atoms with E-state index in [1.165, 1.54) is 19.4 Å². The van der Waals surface area contributed by atoms with Crippen molar-refractivity contribution in [2.45, 2.75) is 33.3 Å². The topological polar surface area (TPSA) is 9.23 Å². The van der Waals surface area contributed by atoms with Gasteiger partial charge in [0.05, 0.1) is 0 Å². The van der Waals surface area contributed by atoms with Crippen LogP contribution in [-0.2, 0) is 24.1 Å². The molecule has 0 aliphatic rings. The van der Waals surface area contributed by atoms with Gasteiger partial charge in [0.15, 0.2) is 0 Å². The van der Waals surface area contributed by atoms with Crippen LogP contribution in [-0.4, -0.2) is 9.69 Å². The van der Waals surface area contributed by atoms with Crippen LogP contribution in [0.5, 0.6) is 0 Å². The Morgan fingerprint density at radius 1 is 1.38 bits per heavy atom. The first-order valence-electron chi connectivity index (χ1n) is 2.61. The third-order valence-electron chi connectivity index (χ3n) is 0.450. The summed E-state index contributed by atoms with van der Waals surface area (Å²) in [6, 6.07) is 0. The van der Waals surface area contributed by atoms with E-state index < -0.39 is 0 Å². The Kier molecular flexibility index (Phi) is 3.07. The zero-order valence-electron chi connectivity index (χ0n) is 5.82. The van der Waals surface area contributed by atoms with Crippen molar-refractivity contribution in [3.8, 4) is 0 Å². The zero-order chi connectivity index (χ0) is 6.78. The van der Waals surface area contributed by atoms with Gasteiger partial charge in [0.25, 0.3) is 0 Å². The van der Waals surface area contributed by atoms with Crippen molar-refractivity contribution < 1.29 is 24.1 Å². The summed E-state index contributed by atoms with van der Waals surface area (Å²) < 4.78 is 6.50. The van der Waals surface area contributed by atoms with Crippen molar-refractivity contribution in [1.82, 2.24) is 0 Å². The molecule has 0 aromatic rings. The number of hydrogen-bond donors (Lipinski definition) is 0. The molecule has 0 unspecified atom stereocenters. The van der Waals surface area contributed by atoms with Gasteiger partial charge in [-0.15, -0.1) is 0 Å². The molecule has 0 spiro atoms. The summed E-state index contributed by atoms with van der Waals surface area (Å²) in [5.74, 6) is 0. The van der Waals surface area contributed by atoms with Crippen LogP contribution in [0.25, 0.3) is 0 Å². The quantitative estimate of drug-likeness (QED) is 0.709. The molecule has 0 radical (unpaired) electrons. The third-order valence-corrected chi connectivity index (χ3v) is 0.749. The Hall–Kier alpha value is 0.518. The number of rotatable bonds is 1. The molecular weight excluding hydrogens is 272 g/mol. The van der Waals surface area contributed by atoms with Crippen LogP contribution in [0, 0.1) is 0 Å². The summed E-state index contributed by atoms with van der Waals surface area (Å²) in [6.07, 6.45) is 0. The minimum absolute atomic E-state index is 0.00579. The molecular formula is C6H12OW. The third kappa shape index (κ3) is 6.52. The molecule has 0 saturated carbocycles. The molecule has 0 bridgehead atoms. The van der Waals surface area contributed by atoms with Gasteiger partial charge in [-0.1, -0.05) is 0 Å². The van der Waals surface area contributed by atoms with E-state index in [-0.39, 0.29) is 5.60 Å². The maximum absolute atomic E-state index is 5.39. The predicted octanol–water partition coefficient (Wildman–Crippen LogP) is 1.50. The molecule has 0 aromatic heterocycles. The van der Waals surface area contributed by atoms with Gasteiger partial charge in [0, 0.05) is 0 Å². The van der Waals surface area contributed by atoms with Gasteiger partial charge in [-0.3, -0.25) is 0 Å². The molecule has 0 saturated heterocycles. The summed E-state index contributed by atoms with van der Waals surface area (Å²) in [5, 5.41) is 0. The van der Waals surface area contributed by atoms with E-state index in [2.05, 4.69) is 20.8 Å². The maximum atomic E-state index is 5.39. The first-order valence-corrected chi connectivity index (χ1v) is 4.08. The number of hydrogen-bond acceptors (Lipinski definition) is 1. The van der Waals surface area contributed by atoms with E-state index in [9.17, 15) is 0 Å². The van der Waals surface area contributed by atoms with Crippen molar-refractivity contribution in [2.24, 2.45) is 0 Å². The van der Waals surface area contributed by atoms with Gasteiger partial charge in [0.2, 0.25) is 0 Å². The molecule has 1 nitrogen and oxygen atoms in total. The van der Waals surface area contributed by atoms with Gasteiger partial charge in [-0.25, -0.2) is 0 Å². The monoisotopic (exact) mass is 284 g/mol. The second-order valence-electron chi connectivity index (χ2n) is 2.71. The Bertz CT molecular complexity index is 91.2. The molecule has 0 rings (SSSR count). The van der Waals surface area contributed by atoms with Crippen molar-refractivity contribution in [3.05, 3.63) is 0 Å². The molecule has 2 heteroatoms.